The molecule has 114 valence electrons. The Hall–Kier alpha value is -1.79. The molecule has 0 saturated carbocycles. The van der Waals surface area contributed by atoms with Crippen LogP contribution in [0.1, 0.15) is 27.7 Å². The van der Waals surface area contributed by atoms with E-state index in [0.717, 1.165) is 4.90 Å². The lowest BCUT2D eigenvalue weighted by molar-refractivity contribution is -0.161. The predicted octanol–water partition coefficient (Wildman–Crippen LogP) is 0.785. The molecule has 0 spiro atoms. The molecular formula is C13H22N2O5. The maximum Gasteiger partial charge on any atom is 0.407 e. The van der Waals surface area contributed by atoms with E-state index in [0.29, 0.717) is 0 Å². The summed E-state index contributed by atoms with van der Waals surface area (Å²) in [5, 5.41) is 9.19. The van der Waals surface area contributed by atoms with Gasteiger partial charge in [0.25, 0.3) is 0 Å². The van der Waals surface area contributed by atoms with E-state index in [1.807, 2.05) is 20.8 Å². The molecule has 2 unspecified atom stereocenters. The number of rotatable bonds is 1. The number of methoxy groups -OCH3 is 1. The molecule has 7 nitrogen and oxygen atoms in total. The molecule has 2 atom stereocenters. The lowest BCUT2D eigenvalue weighted by Gasteiger charge is -2.49. The minimum atomic E-state index is -1.10. The van der Waals surface area contributed by atoms with Gasteiger partial charge < -0.3 is 19.6 Å². The minimum absolute atomic E-state index is 0.0613. The number of carbonyl (C=O) groups is 3. The summed E-state index contributed by atoms with van der Waals surface area (Å²) in [6.07, 6.45) is -1.10. The van der Waals surface area contributed by atoms with E-state index in [9.17, 15) is 19.5 Å². The fraction of sp³-hybridized carbons (Fsp3) is 0.769. The van der Waals surface area contributed by atoms with Gasteiger partial charge in [-0.25, -0.2) is 9.59 Å². The van der Waals surface area contributed by atoms with Gasteiger partial charge in [-0.05, 0) is 5.41 Å². The highest BCUT2D eigenvalue weighted by molar-refractivity contribution is 5.85. The van der Waals surface area contributed by atoms with Crippen molar-refractivity contribution in [2.75, 3.05) is 20.2 Å². The van der Waals surface area contributed by atoms with Gasteiger partial charge in [-0.15, -0.1) is 0 Å². The molecule has 0 aromatic heterocycles. The number of esters is 1. The van der Waals surface area contributed by atoms with Gasteiger partial charge in [0.15, 0.2) is 0 Å². The largest absolute Gasteiger partial charge is 0.467 e. The van der Waals surface area contributed by atoms with Crippen LogP contribution in [0.15, 0.2) is 0 Å². The first-order chi connectivity index (χ1) is 9.09. The molecule has 1 aliphatic rings. The van der Waals surface area contributed by atoms with Gasteiger partial charge in [-0.1, -0.05) is 20.8 Å². The van der Waals surface area contributed by atoms with E-state index < -0.39 is 18.1 Å². The van der Waals surface area contributed by atoms with Crippen molar-refractivity contribution in [2.45, 2.75) is 39.8 Å². The summed E-state index contributed by atoms with van der Waals surface area (Å²) in [5.41, 5.74) is -0.355. The maximum absolute atomic E-state index is 11.9. The maximum atomic E-state index is 11.9. The molecular weight excluding hydrogens is 264 g/mol. The Labute approximate surface area is 118 Å². The van der Waals surface area contributed by atoms with Crippen LogP contribution in [0.25, 0.3) is 0 Å². The minimum Gasteiger partial charge on any atom is -0.467 e. The van der Waals surface area contributed by atoms with Gasteiger partial charge in [0, 0.05) is 13.5 Å². The summed E-state index contributed by atoms with van der Waals surface area (Å²) in [5.74, 6) is -0.856. The van der Waals surface area contributed by atoms with Crippen LogP contribution in [0.4, 0.5) is 4.79 Å². The highest BCUT2D eigenvalue weighted by Gasteiger charge is 2.46. The average Bonchev–Trinajstić information content (AvgIpc) is 2.34. The Bertz CT molecular complexity index is 415. The number of carbonyl (C=O) groups excluding carboxylic acids is 2. The van der Waals surface area contributed by atoms with E-state index in [1.165, 1.54) is 18.9 Å². The lowest BCUT2D eigenvalue weighted by atomic mass is 9.83. The second-order valence-corrected chi connectivity index (χ2v) is 6.03. The molecule has 0 aromatic carbocycles. The Kier molecular flexibility index (Phi) is 4.62. The Morgan fingerprint density at radius 2 is 1.75 bits per heavy atom. The lowest BCUT2D eigenvalue weighted by Crippen LogP contribution is -2.66. The van der Waals surface area contributed by atoms with Crippen LogP contribution < -0.4 is 0 Å². The second-order valence-electron chi connectivity index (χ2n) is 6.03. The highest BCUT2D eigenvalue weighted by Crippen LogP contribution is 2.30. The van der Waals surface area contributed by atoms with Gasteiger partial charge in [0.2, 0.25) is 5.91 Å². The van der Waals surface area contributed by atoms with Gasteiger partial charge in [-0.2, -0.15) is 0 Å². The van der Waals surface area contributed by atoms with Crippen molar-refractivity contribution < 1.29 is 24.2 Å². The van der Waals surface area contributed by atoms with Crippen LogP contribution in [-0.2, 0) is 14.3 Å². The van der Waals surface area contributed by atoms with Crippen LogP contribution in [-0.4, -0.2) is 65.2 Å². The molecule has 1 saturated heterocycles. The topological polar surface area (TPSA) is 87.2 Å². The highest BCUT2D eigenvalue weighted by atomic mass is 16.5. The summed E-state index contributed by atoms with van der Waals surface area (Å²) in [6, 6.07) is -1.28. The number of hydrogen-bond donors (Lipinski definition) is 1. The number of hydrogen-bond acceptors (Lipinski definition) is 4. The first-order valence-corrected chi connectivity index (χ1v) is 6.44. The van der Waals surface area contributed by atoms with Crippen LogP contribution in [0.3, 0.4) is 0 Å². The normalized spacial score (nSPS) is 23.4. The molecule has 2 amide bonds. The third-order valence-electron chi connectivity index (χ3n) is 3.57. The monoisotopic (exact) mass is 286 g/mol. The summed E-state index contributed by atoms with van der Waals surface area (Å²) >= 11 is 0. The first kappa shape index (κ1) is 16.3. The molecule has 0 aromatic rings. The predicted molar refractivity (Wildman–Crippen MR) is 71.2 cm³/mol. The molecule has 0 radical (unpaired) electrons. The van der Waals surface area contributed by atoms with E-state index >= 15 is 0 Å². The zero-order valence-corrected chi connectivity index (χ0v) is 12.5. The van der Waals surface area contributed by atoms with E-state index in [2.05, 4.69) is 0 Å². The molecule has 1 N–H and O–H groups in total. The Morgan fingerprint density at radius 3 is 2.10 bits per heavy atom. The van der Waals surface area contributed by atoms with E-state index in [-0.39, 0.29) is 30.5 Å². The molecule has 1 heterocycles. The molecule has 20 heavy (non-hydrogen) atoms. The third kappa shape index (κ3) is 3.20. The SMILES string of the molecule is COC(=O)C1CN(C(=O)O)CC(C(C)(C)C)N1C(C)=O. The van der Waals surface area contributed by atoms with Gasteiger partial charge >= 0.3 is 12.1 Å². The standard InChI is InChI=1S/C13H22N2O5/c1-8(16)15-9(11(17)20-5)6-14(12(18)19)7-10(15)13(2,3)4/h9-10H,6-7H2,1-5H3,(H,18,19). The van der Waals surface area contributed by atoms with Crippen molar-refractivity contribution in [2.24, 2.45) is 5.41 Å². The van der Waals surface area contributed by atoms with Gasteiger partial charge in [0.1, 0.15) is 6.04 Å². The van der Waals surface area contributed by atoms with E-state index in [1.54, 1.807) is 0 Å². The van der Waals surface area contributed by atoms with Crippen molar-refractivity contribution >= 4 is 18.0 Å². The smallest absolute Gasteiger partial charge is 0.407 e. The molecule has 7 heteroatoms. The van der Waals surface area contributed by atoms with E-state index in [4.69, 9.17) is 4.74 Å². The third-order valence-corrected chi connectivity index (χ3v) is 3.57. The van der Waals surface area contributed by atoms with Crippen molar-refractivity contribution in [3.63, 3.8) is 0 Å². The van der Waals surface area contributed by atoms with Crippen LogP contribution in [0.2, 0.25) is 0 Å². The summed E-state index contributed by atoms with van der Waals surface area (Å²) in [7, 11) is 1.23. The molecule has 1 rings (SSSR count). The Morgan fingerprint density at radius 1 is 1.20 bits per heavy atom. The summed E-state index contributed by atoms with van der Waals surface area (Å²) in [6.45, 7) is 7.24. The molecule has 0 bridgehead atoms. The van der Waals surface area contributed by atoms with Gasteiger partial charge in [0.05, 0.1) is 19.7 Å². The van der Waals surface area contributed by atoms with Gasteiger partial charge in [-0.3, -0.25) is 4.79 Å². The van der Waals surface area contributed by atoms with Crippen molar-refractivity contribution in [1.82, 2.24) is 9.80 Å². The number of nitrogens with zero attached hydrogens (tertiary/aromatic N) is 2. The number of piperazine rings is 1. The molecule has 0 aliphatic carbocycles. The molecule has 1 aliphatic heterocycles. The quantitative estimate of drug-likeness (QED) is 0.720. The van der Waals surface area contributed by atoms with Crippen molar-refractivity contribution in [3.8, 4) is 0 Å². The summed E-state index contributed by atoms with van der Waals surface area (Å²) in [4.78, 5) is 37.6. The zero-order chi connectivity index (χ0) is 15.7. The molecule has 1 fully saturated rings. The second kappa shape index (κ2) is 5.68. The van der Waals surface area contributed by atoms with Crippen LogP contribution in [0, 0.1) is 5.41 Å². The number of ether oxygens (including phenoxy) is 1. The number of amides is 2. The van der Waals surface area contributed by atoms with Crippen LogP contribution in [0.5, 0.6) is 0 Å². The van der Waals surface area contributed by atoms with Crippen molar-refractivity contribution in [1.29, 1.82) is 0 Å². The fourth-order valence-corrected chi connectivity index (χ4v) is 2.50. The Balaban J connectivity index is 3.21. The average molecular weight is 286 g/mol. The zero-order valence-electron chi connectivity index (χ0n) is 12.5. The van der Waals surface area contributed by atoms with Crippen LogP contribution >= 0.6 is 0 Å². The van der Waals surface area contributed by atoms with Crippen molar-refractivity contribution in [3.05, 3.63) is 0 Å². The summed E-state index contributed by atoms with van der Waals surface area (Å²) < 4.78 is 4.71. The number of carboxylic acid groups (broad SMARTS) is 1. The fourth-order valence-electron chi connectivity index (χ4n) is 2.50. The first-order valence-electron chi connectivity index (χ1n) is 6.44.